The fourth-order valence-electron chi connectivity index (χ4n) is 3.85. The molecule has 1 saturated heterocycles. The van der Waals surface area contributed by atoms with Gasteiger partial charge in [-0.15, -0.1) is 21.5 Å². The molecule has 9 nitrogen and oxygen atoms in total. The molecule has 2 amide bonds. The first-order valence-corrected chi connectivity index (χ1v) is 13.0. The lowest BCUT2D eigenvalue weighted by Crippen LogP contribution is -2.50. The van der Waals surface area contributed by atoms with E-state index in [4.69, 9.17) is 0 Å². The van der Waals surface area contributed by atoms with Crippen LogP contribution in [0.4, 0.5) is 0 Å². The van der Waals surface area contributed by atoms with Crippen LogP contribution in [0, 0.1) is 0 Å². The highest BCUT2D eigenvalue weighted by Crippen LogP contribution is 2.30. The van der Waals surface area contributed by atoms with Gasteiger partial charge in [0.05, 0.1) is 5.75 Å². The maximum atomic E-state index is 12.9. The van der Waals surface area contributed by atoms with Crippen molar-refractivity contribution < 1.29 is 9.59 Å². The molecule has 178 valence electrons. The van der Waals surface area contributed by atoms with Gasteiger partial charge in [0.15, 0.2) is 11.0 Å². The number of thioether (sulfide) groups is 1. The molecule has 4 heterocycles. The van der Waals surface area contributed by atoms with Crippen molar-refractivity contribution in [2.75, 3.05) is 26.2 Å². The van der Waals surface area contributed by atoms with Crippen molar-refractivity contribution in [2.45, 2.75) is 17.8 Å². The molecule has 0 unspecified atom stereocenters. The van der Waals surface area contributed by atoms with Gasteiger partial charge in [0.2, 0.25) is 5.91 Å². The summed E-state index contributed by atoms with van der Waals surface area (Å²) in [5.41, 5.74) is 2.34. The van der Waals surface area contributed by atoms with Crippen molar-refractivity contribution in [1.29, 1.82) is 0 Å². The van der Waals surface area contributed by atoms with Gasteiger partial charge in [0.25, 0.3) is 5.91 Å². The summed E-state index contributed by atoms with van der Waals surface area (Å²) in [6.45, 7) is 3.72. The summed E-state index contributed by atoms with van der Waals surface area (Å²) >= 11 is 2.99. The first-order chi connectivity index (χ1) is 17.1. The number of rotatable bonds is 6. The lowest BCUT2D eigenvalue weighted by molar-refractivity contribution is -0.130. The second-order valence-electron chi connectivity index (χ2n) is 7.93. The molecule has 1 aromatic carbocycles. The first-order valence-electron chi connectivity index (χ1n) is 11.1. The highest BCUT2D eigenvalue weighted by molar-refractivity contribution is 7.98. The Morgan fingerprint density at radius 3 is 2.40 bits per heavy atom. The third kappa shape index (κ3) is 5.10. The number of nitrogens with zero attached hydrogens (tertiary/aromatic N) is 7. The van der Waals surface area contributed by atoms with E-state index in [1.165, 1.54) is 23.1 Å². The van der Waals surface area contributed by atoms with Crippen molar-refractivity contribution in [3.8, 4) is 17.1 Å². The zero-order chi connectivity index (χ0) is 24.2. The molecule has 35 heavy (non-hydrogen) atoms. The number of piperazine rings is 1. The number of amides is 2. The summed E-state index contributed by atoms with van der Waals surface area (Å²) in [5.74, 6) is 1.26. The minimum atomic E-state index is -0.0897. The van der Waals surface area contributed by atoms with Gasteiger partial charge in [0, 0.05) is 62.1 Å². The standard InChI is InChI=1S/C24H23N7O2S2/c1-17(32)29-11-13-30(14-12-29)23(33)20-15-34-21(26-20)16-35-24-28-27-22(18-7-9-25-10-8-18)31(24)19-5-3-2-4-6-19/h2-10,15H,11-14,16H2,1H3. The normalized spacial score (nSPS) is 13.7. The van der Waals surface area contributed by atoms with E-state index in [-0.39, 0.29) is 11.8 Å². The fraction of sp³-hybridized carbons (Fsp3) is 0.250. The molecule has 0 radical (unpaired) electrons. The Kier molecular flexibility index (Phi) is 6.87. The third-order valence-electron chi connectivity index (χ3n) is 5.69. The first kappa shape index (κ1) is 23.2. The summed E-state index contributed by atoms with van der Waals surface area (Å²) in [6.07, 6.45) is 3.47. The number of benzene rings is 1. The van der Waals surface area contributed by atoms with Crippen LogP contribution in [0.3, 0.4) is 0 Å². The largest absolute Gasteiger partial charge is 0.339 e. The summed E-state index contributed by atoms with van der Waals surface area (Å²) in [5, 5.41) is 12.3. The molecule has 1 aliphatic heterocycles. The number of thiazole rings is 1. The van der Waals surface area contributed by atoms with Crippen LogP contribution in [0.5, 0.6) is 0 Å². The fourth-order valence-corrected chi connectivity index (χ4v) is 5.59. The Bertz CT molecular complexity index is 1320. The van der Waals surface area contributed by atoms with Crippen LogP contribution >= 0.6 is 23.1 Å². The highest BCUT2D eigenvalue weighted by atomic mass is 32.2. The smallest absolute Gasteiger partial charge is 0.273 e. The van der Waals surface area contributed by atoms with Crippen molar-refractivity contribution in [1.82, 2.24) is 34.5 Å². The molecule has 0 saturated carbocycles. The van der Waals surface area contributed by atoms with Gasteiger partial charge >= 0.3 is 0 Å². The van der Waals surface area contributed by atoms with Gasteiger partial charge in [-0.05, 0) is 24.3 Å². The summed E-state index contributed by atoms with van der Waals surface area (Å²) in [7, 11) is 0. The van der Waals surface area contributed by atoms with Gasteiger partial charge < -0.3 is 9.80 Å². The molecular weight excluding hydrogens is 482 g/mol. The number of aromatic nitrogens is 5. The number of carbonyl (C=O) groups excluding carboxylic acids is 2. The van der Waals surface area contributed by atoms with E-state index in [2.05, 4.69) is 20.2 Å². The Balaban J connectivity index is 1.31. The SMILES string of the molecule is CC(=O)N1CCN(C(=O)c2csc(CSc3nnc(-c4ccncc4)n3-c3ccccc3)n2)CC1. The Hall–Kier alpha value is -3.57. The number of para-hydroxylation sites is 1. The molecule has 1 aliphatic rings. The summed E-state index contributed by atoms with van der Waals surface area (Å²) in [6, 6.07) is 13.8. The minimum absolute atomic E-state index is 0.0421. The van der Waals surface area contributed by atoms with E-state index >= 15 is 0 Å². The van der Waals surface area contributed by atoms with Crippen LogP contribution in [0.2, 0.25) is 0 Å². The van der Waals surface area contributed by atoms with Gasteiger partial charge in [0.1, 0.15) is 10.7 Å². The predicted molar refractivity (Wildman–Crippen MR) is 134 cm³/mol. The average molecular weight is 506 g/mol. The molecule has 0 N–H and O–H groups in total. The van der Waals surface area contributed by atoms with Crippen LogP contribution in [0.15, 0.2) is 65.4 Å². The van der Waals surface area contributed by atoms with Crippen molar-refractivity contribution >= 4 is 34.9 Å². The van der Waals surface area contributed by atoms with Crippen molar-refractivity contribution in [3.63, 3.8) is 0 Å². The molecule has 0 aliphatic carbocycles. The summed E-state index contributed by atoms with van der Waals surface area (Å²) < 4.78 is 2.02. The van der Waals surface area contributed by atoms with E-state index in [0.717, 1.165) is 27.2 Å². The Morgan fingerprint density at radius 2 is 1.69 bits per heavy atom. The van der Waals surface area contributed by atoms with Crippen molar-refractivity contribution in [3.05, 3.63) is 70.9 Å². The summed E-state index contributed by atoms with van der Waals surface area (Å²) in [4.78, 5) is 36.6. The number of hydrogen-bond donors (Lipinski definition) is 0. The predicted octanol–water partition coefficient (Wildman–Crippen LogP) is 3.38. The third-order valence-corrected chi connectivity index (χ3v) is 7.67. The van der Waals surface area contributed by atoms with Crippen LogP contribution in [0.1, 0.15) is 22.4 Å². The second-order valence-corrected chi connectivity index (χ2v) is 9.81. The van der Waals surface area contributed by atoms with E-state index in [9.17, 15) is 9.59 Å². The Labute approximate surface area is 210 Å². The van der Waals surface area contributed by atoms with Crippen LogP contribution < -0.4 is 0 Å². The maximum absolute atomic E-state index is 12.9. The van der Waals surface area contributed by atoms with Crippen LogP contribution in [0.25, 0.3) is 17.1 Å². The molecule has 0 spiro atoms. The van der Waals surface area contributed by atoms with Gasteiger partial charge in [-0.2, -0.15) is 0 Å². The minimum Gasteiger partial charge on any atom is -0.339 e. The van der Waals surface area contributed by atoms with Crippen LogP contribution in [-0.4, -0.2) is 72.5 Å². The number of pyridine rings is 1. The zero-order valence-corrected chi connectivity index (χ0v) is 20.7. The van der Waals surface area contributed by atoms with Gasteiger partial charge in [-0.1, -0.05) is 30.0 Å². The lowest BCUT2D eigenvalue weighted by atomic mass is 10.2. The molecule has 5 rings (SSSR count). The van der Waals surface area contributed by atoms with E-state index < -0.39 is 0 Å². The second kappa shape index (κ2) is 10.4. The van der Waals surface area contributed by atoms with E-state index in [1.807, 2.05) is 47.0 Å². The lowest BCUT2D eigenvalue weighted by Gasteiger charge is -2.33. The quantitative estimate of drug-likeness (QED) is 0.371. The molecular formula is C24H23N7O2S2. The van der Waals surface area contributed by atoms with Crippen molar-refractivity contribution in [2.24, 2.45) is 0 Å². The average Bonchev–Trinajstić information content (AvgIpc) is 3.55. The van der Waals surface area contributed by atoms with E-state index in [1.54, 1.807) is 34.5 Å². The number of hydrogen-bond acceptors (Lipinski definition) is 8. The molecule has 0 bridgehead atoms. The molecule has 1 fully saturated rings. The molecule has 0 atom stereocenters. The van der Waals surface area contributed by atoms with E-state index in [0.29, 0.717) is 37.6 Å². The van der Waals surface area contributed by atoms with Gasteiger partial charge in [-0.25, -0.2) is 4.98 Å². The molecule has 3 aromatic heterocycles. The zero-order valence-electron chi connectivity index (χ0n) is 19.1. The maximum Gasteiger partial charge on any atom is 0.273 e. The molecule has 4 aromatic rings. The Morgan fingerprint density at radius 1 is 0.971 bits per heavy atom. The topological polar surface area (TPSA) is 97.1 Å². The van der Waals surface area contributed by atoms with Crippen LogP contribution in [-0.2, 0) is 10.5 Å². The van der Waals surface area contributed by atoms with Gasteiger partial charge in [-0.3, -0.25) is 19.1 Å². The highest BCUT2D eigenvalue weighted by Gasteiger charge is 2.25. The molecule has 11 heteroatoms. The monoisotopic (exact) mass is 505 g/mol. The number of carbonyl (C=O) groups is 2.